The van der Waals surface area contributed by atoms with Gasteiger partial charge in [0.2, 0.25) is 5.95 Å². The van der Waals surface area contributed by atoms with Crippen molar-refractivity contribution in [2.24, 2.45) is 0 Å². The summed E-state index contributed by atoms with van der Waals surface area (Å²) in [6.07, 6.45) is 2.45. The summed E-state index contributed by atoms with van der Waals surface area (Å²) in [5, 5.41) is 27.4. The van der Waals surface area contributed by atoms with Gasteiger partial charge in [-0.25, -0.2) is 4.98 Å². The molecule has 0 bridgehead atoms. The first kappa shape index (κ1) is 22.6. The van der Waals surface area contributed by atoms with Crippen LogP contribution in [0.15, 0.2) is 24.5 Å². The van der Waals surface area contributed by atoms with Crippen molar-refractivity contribution in [1.82, 2.24) is 19.5 Å². The van der Waals surface area contributed by atoms with E-state index in [0.717, 1.165) is 0 Å². The minimum Gasteiger partial charge on any atom is -0.504 e. The van der Waals surface area contributed by atoms with Gasteiger partial charge in [-0.05, 0) is 40.2 Å². The summed E-state index contributed by atoms with van der Waals surface area (Å²) >= 11 is 0. The van der Waals surface area contributed by atoms with Gasteiger partial charge in [0.1, 0.15) is 0 Å². The highest BCUT2D eigenvalue weighted by Crippen LogP contribution is 2.31. The van der Waals surface area contributed by atoms with E-state index < -0.39 is 5.60 Å². The number of methoxy groups -OCH3 is 1. The number of imidazole rings is 1. The molecule has 9 nitrogen and oxygen atoms in total. The van der Waals surface area contributed by atoms with E-state index in [-0.39, 0.29) is 17.8 Å². The maximum Gasteiger partial charge on any atom is 0.227 e. The first-order chi connectivity index (χ1) is 14.7. The SMILES string of the molecule is CCC(Nc1nc(NCc2cccc(OC)c2O)c2ncn(C(C)C)c2n1)C(C)(C)O. The van der Waals surface area contributed by atoms with Crippen molar-refractivity contribution in [1.29, 1.82) is 0 Å². The Hall–Kier alpha value is -3.07. The molecule has 3 aromatic rings. The van der Waals surface area contributed by atoms with Crippen LogP contribution in [-0.2, 0) is 6.54 Å². The van der Waals surface area contributed by atoms with E-state index in [4.69, 9.17) is 4.74 Å². The molecular formula is C22H32N6O3. The Bertz CT molecular complexity index is 1040. The number of nitrogens with one attached hydrogen (secondary N) is 2. The molecule has 1 aromatic carbocycles. The normalized spacial score (nSPS) is 12.9. The van der Waals surface area contributed by atoms with Crippen LogP contribution in [0.2, 0.25) is 0 Å². The van der Waals surface area contributed by atoms with Crippen molar-refractivity contribution in [3.8, 4) is 11.5 Å². The van der Waals surface area contributed by atoms with Crippen LogP contribution in [0, 0.1) is 0 Å². The zero-order chi connectivity index (χ0) is 22.8. The fourth-order valence-electron chi connectivity index (χ4n) is 3.47. The van der Waals surface area contributed by atoms with Gasteiger partial charge in [-0.3, -0.25) is 0 Å². The number of hydrogen-bond donors (Lipinski definition) is 4. The first-order valence-corrected chi connectivity index (χ1v) is 10.5. The Balaban J connectivity index is 1.99. The van der Waals surface area contributed by atoms with Gasteiger partial charge in [0, 0.05) is 18.2 Å². The number of aromatic hydroxyl groups is 1. The molecule has 0 saturated carbocycles. The molecule has 2 aromatic heterocycles. The quantitative estimate of drug-likeness (QED) is 0.408. The smallest absolute Gasteiger partial charge is 0.227 e. The molecule has 1 unspecified atom stereocenters. The molecule has 0 radical (unpaired) electrons. The van der Waals surface area contributed by atoms with E-state index in [2.05, 4.69) is 39.4 Å². The zero-order valence-electron chi connectivity index (χ0n) is 19.0. The van der Waals surface area contributed by atoms with Gasteiger partial charge in [0.15, 0.2) is 28.5 Å². The van der Waals surface area contributed by atoms with E-state index >= 15 is 0 Å². The average molecular weight is 429 g/mol. The second-order valence-electron chi connectivity index (χ2n) is 8.39. The molecule has 0 aliphatic rings. The number of rotatable bonds is 9. The third-order valence-electron chi connectivity index (χ3n) is 5.29. The summed E-state index contributed by atoms with van der Waals surface area (Å²) in [6.45, 7) is 9.96. The van der Waals surface area contributed by atoms with Crippen molar-refractivity contribution >= 4 is 22.9 Å². The molecular weight excluding hydrogens is 396 g/mol. The highest BCUT2D eigenvalue weighted by Gasteiger charge is 2.26. The number of para-hydroxylation sites is 1. The molecule has 168 valence electrons. The van der Waals surface area contributed by atoms with Gasteiger partial charge in [0.25, 0.3) is 0 Å². The number of anilines is 2. The largest absolute Gasteiger partial charge is 0.504 e. The number of phenolic OH excluding ortho intramolecular Hbond substituents is 1. The molecule has 3 rings (SSSR count). The van der Waals surface area contributed by atoms with Crippen molar-refractivity contribution in [3.05, 3.63) is 30.1 Å². The number of ether oxygens (including phenoxy) is 1. The standard InChI is InChI=1S/C22H32N6O3/c1-7-16(22(4,5)30)25-21-26-19(17-20(27-21)28(12-24-17)13(2)3)23-11-14-9-8-10-15(31-6)18(14)29/h8-10,12-13,16,29-30H,7,11H2,1-6H3,(H2,23,25,26,27). The molecule has 0 amide bonds. The lowest BCUT2D eigenvalue weighted by Crippen LogP contribution is -2.41. The third-order valence-corrected chi connectivity index (χ3v) is 5.29. The Labute approximate surface area is 182 Å². The van der Waals surface area contributed by atoms with E-state index in [1.54, 1.807) is 26.2 Å². The number of benzene rings is 1. The van der Waals surface area contributed by atoms with Crippen LogP contribution in [0.1, 0.15) is 52.6 Å². The molecule has 0 fully saturated rings. The number of hydrogen-bond acceptors (Lipinski definition) is 8. The molecule has 0 spiro atoms. The van der Waals surface area contributed by atoms with Crippen molar-refractivity contribution in [2.45, 2.75) is 65.3 Å². The minimum absolute atomic E-state index is 0.0851. The van der Waals surface area contributed by atoms with Crippen LogP contribution in [0.5, 0.6) is 11.5 Å². The first-order valence-electron chi connectivity index (χ1n) is 10.5. The van der Waals surface area contributed by atoms with Gasteiger partial charge in [-0.1, -0.05) is 19.1 Å². The number of aromatic nitrogens is 4. The van der Waals surface area contributed by atoms with Crippen molar-refractivity contribution in [3.63, 3.8) is 0 Å². The maximum atomic E-state index is 10.5. The van der Waals surface area contributed by atoms with Gasteiger partial charge in [0.05, 0.1) is 25.1 Å². The number of aliphatic hydroxyl groups is 1. The number of nitrogens with zero attached hydrogens (tertiary/aromatic N) is 4. The van der Waals surface area contributed by atoms with E-state index in [0.29, 0.717) is 47.2 Å². The Morgan fingerprint density at radius 2 is 1.97 bits per heavy atom. The third kappa shape index (κ3) is 4.82. The summed E-state index contributed by atoms with van der Waals surface area (Å²) in [5.74, 6) is 1.44. The Morgan fingerprint density at radius 3 is 2.58 bits per heavy atom. The van der Waals surface area contributed by atoms with Gasteiger partial charge < -0.3 is 30.2 Å². The lowest BCUT2D eigenvalue weighted by atomic mass is 9.97. The number of fused-ring (bicyclic) bond motifs is 1. The van der Waals surface area contributed by atoms with Crippen LogP contribution in [0.25, 0.3) is 11.2 Å². The predicted molar refractivity (Wildman–Crippen MR) is 122 cm³/mol. The van der Waals surface area contributed by atoms with Crippen LogP contribution in [0.3, 0.4) is 0 Å². The van der Waals surface area contributed by atoms with E-state index in [1.807, 2.05) is 23.6 Å². The second-order valence-corrected chi connectivity index (χ2v) is 8.39. The molecule has 0 saturated heterocycles. The van der Waals surface area contributed by atoms with Crippen LogP contribution in [0.4, 0.5) is 11.8 Å². The van der Waals surface area contributed by atoms with E-state index in [1.165, 1.54) is 7.11 Å². The fraction of sp³-hybridized carbons (Fsp3) is 0.500. The lowest BCUT2D eigenvalue weighted by molar-refractivity contribution is 0.0577. The van der Waals surface area contributed by atoms with Crippen molar-refractivity contribution < 1.29 is 14.9 Å². The molecule has 4 N–H and O–H groups in total. The van der Waals surface area contributed by atoms with Gasteiger partial charge in [-0.15, -0.1) is 0 Å². The molecule has 0 aliphatic heterocycles. The Kier molecular flexibility index (Phi) is 6.54. The summed E-state index contributed by atoms with van der Waals surface area (Å²) in [7, 11) is 1.52. The summed E-state index contributed by atoms with van der Waals surface area (Å²) in [4.78, 5) is 13.8. The summed E-state index contributed by atoms with van der Waals surface area (Å²) in [5.41, 5.74) is 1.06. The predicted octanol–water partition coefficient (Wildman–Crippen LogP) is 3.69. The zero-order valence-corrected chi connectivity index (χ0v) is 19.0. The maximum absolute atomic E-state index is 10.5. The van der Waals surface area contributed by atoms with Crippen molar-refractivity contribution in [2.75, 3.05) is 17.7 Å². The molecule has 2 heterocycles. The average Bonchev–Trinajstić information content (AvgIpc) is 3.14. The summed E-state index contributed by atoms with van der Waals surface area (Å²) < 4.78 is 7.17. The van der Waals surface area contributed by atoms with Crippen LogP contribution >= 0.6 is 0 Å². The number of phenols is 1. The van der Waals surface area contributed by atoms with Gasteiger partial charge in [-0.2, -0.15) is 9.97 Å². The van der Waals surface area contributed by atoms with Crippen LogP contribution < -0.4 is 15.4 Å². The second kappa shape index (κ2) is 8.97. The minimum atomic E-state index is -0.939. The topological polar surface area (TPSA) is 117 Å². The monoisotopic (exact) mass is 428 g/mol. The molecule has 31 heavy (non-hydrogen) atoms. The highest BCUT2D eigenvalue weighted by atomic mass is 16.5. The lowest BCUT2D eigenvalue weighted by Gasteiger charge is -2.29. The van der Waals surface area contributed by atoms with E-state index in [9.17, 15) is 10.2 Å². The molecule has 9 heteroatoms. The van der Waals surface area contributed by atoms with Gasteiger partial charge >= 0.3 is 0 Å². The van der Waals surface area contributed by atoms with Crippen LogP contribution in [-0.4, -0.2) is 48.5 Å². The Morgan fingerprint density at radius 1 is 1.23 bits per heavy atom. The summed E-state index contributed by atoms with van der Waals surface area (Å²) in [6, 6.07) is 5.28. The molecule has 0 aliphatic carbocycles. The fourth-order valence-corrected chi connectivity index (χ4v) is 3.47. The highest BCUT2D eigenvalue weighted by molar-refractivity contribution is 5.84. The molecule has 1 atom stereocenters.